The molecule has 8 atom stereocenters. The van der Waals surface area contributed by atoms with Gasteiger partial charge in [0.15, 0.2) is 5.96 Å². The number of guanidine groups is 1. The first-order valence-electron chi connectivity index (χ1n) is 12.0. The summed E-state index contributed by atoms with van der Waals surface area (Å²) in [6.07, 6.45) is 9.35. The SMILES string of the molecule is C[C@]12CCC(O)CC1CC[C@@H]1[C@H]2CC[C@]2(C)C(CNOCCNC(=N)N)CC[C@@]12O. The molecule has 0 aromatic heterocycles. The quantitative estimate of drug-likeness (QED) is 0.169. The van der Waals surface area contributed by atoms with Crippen molar-refractivity contribution in [1.29, 1.82) is 5.41 Å². The Morgan fingerprint density at radius 1 is 1.10 bits per heavy atom. The highest BCUT2D eigenvalue weighted by Crippen LogP contribution is 2.68. The molecular formula is C23H42N4O3. The Morgan fingerprint density at radius 2 is 1.90 bits per heavy atom. The third-order valence-electron chi connectivity index (χ3n) is 9.97. The Bertz CT molecular complexity index is 648. The predicted molar refractivity (Wildman–Crippen MR) is 117 cm³/mol. The molecule has 0 aromatic carbocycles. The van der Waals surface area contributed by atoms with Gasteiger partial charge < -0.3 is 21.3 Å². The first-order chi connectivity index (χ1) is 14.2. The highest BCUT2D eigenvalue weighted by atomic mass is 16.6. The number of fused-ring (bicyclic) bond motifs is 5. The van der Waals surface area contributed by atoms with E-state index in [-0.39, 0.29) is 22.9 Å². The highest BCUT2D eigenvalue weighted by molar-refractivity contribution is 5.74. The molecule has 0 spiro atoms. The molecule has 4 aliphatic rings. The molecule has 0 saturated heterocycles. The number of aliphatic hydroxyl groups excluding tert-OH is 1. The molecule has 4 fully saturated rings. The number of rotatable bonds is 6. The van der Waals surface area contributed by atoms with E-state index in [4.69, 9.17) is 16.0 Å². The molecule has 4 aliphatic carbocycles. The van der Waals surface area contributed by atoms with Gasteiger partial charge >= 0.3 is 0 Å². The molecule has 7 nitrogen and oxygen atoms in total. The van der Waals surface area contributed by atoms with Crippen molar-refractivity contribution in [2.45, 2.75) is 83.3 Å². The maximum atomic E-state index is 12.1. The van der Waals surface area contributed by atoms with E-state index >= 15 is 0 Å². The Kier molecular flexibility index (Phi) is 6.12. The van der Waals surface area contributed by atoms with E-state index in [1.54, 1.807) is 0 Å². The van der Waals surface area contributed by atoms with E-state index in [2.05, 4.69) is 24.6 Å². The standard InChI is InChI=1S/C23H42N4O3/c1-21-8-6-17(28)13-15(21)3-4-19-18(21)7-9-22(2)16(5-10-23(19,22)29)14-27-30-12-11-26-20(24)25/h15-19,27-29H,3-14H2,1-2H3,(H4,24,25,26)/t15?,16?,17?,18-,19-,21+,22-,23-/m1/s1. The van der Waals surface area contributed by atoms with E-state index in [0.29, 0.717) is 36.8 Å². The maximum Gasteiger partial charge on any atom is 0.185 e. The van der Waals surface area contributed by atoms with Gasteiger partial charge in [-0.2, -0.15) is 0 Å². The summed E-state index contributed by atoms with van der Waals surface area (Å²) in [6, 6.07) is 0. The fourth-order valence-electron chi connectivity index (χ4n) is 8.11. The molecule has 7 heteroatoms. The van der Waals surface area contributed by atoms with Crippen molar-refractivity contribution in [3.8, 4) is 0 Å². The minimum absolute atomic E-state index is 0.0420. The zero-order valence-corrected chi connectivity index (χ0v) is 18.8. The molecule has 4 saturated carbocycles. The van der Waals surface area contributed by atoms with Crippen molar-refractivity contribution in [2.75, 3.05) is 19.7 Å². The number of aliphatic hydroxyl groups is 2. The number of hydrogen-bond donors (Lipinski definition) is 6. The van der Waals surface area contributed by atoms with Crippen LogP contribution >= 0.6 is 0 Å². The predicted octanol–water partition coefficient (Wildman–Crippen LogP) is 2.13. The fraction of sp³-hybridized carbons (Fsp3) is 0.957. The van der Waals surface area contributed by atoms with E-state index in [0.717, 1.165) is 57.9 Å². The highest BCUT2D eigenvalue weighted by Gasteiger charge is 2.66. The van der Waals surface area contributed by atoms with Crippen LogP contribution in [0, 0.1) is 39.9 Å². The van der Waals surface area contributed by atoms with Gasteiger partial charge in [0.05, 0.1) is 18.3 Å². The summed E-state index contributed by atoms with van der Waals surface area (Å²) in [5.41, 5.74) is 8.02. The monoisotopic (exact) mass is 422 g/mol. The average Bonchev–Trinajstić information content (AvgIpc) is 2.96. The summed E-state index contributed by atoms with van der Waals surface area (Å²) in [7, 11) is 0. The second-order valence-electron chi connectivity index (χ2n) is 11.1. The van der Waals surface area contributed by atoms with Gasteiger partial charge in [0.2, 0.25) is 0 Å². The minimum Gasteiger partial charge on any atom is -0.393 e. The second kappa shape index (κ2) is 8.23. The summed E-state index contributed by atoms with van der Waals surface area (Å²) in [6.45, 7) is 6.49. The lowest BCUT2D eigenvalue weighted by atomic mass is 9.43. The van der Waals surface area contributed by atoms with Crippen LogP contribution in [0.5, 0.6) is 0 Å². The van der Waals surface area contributed by atoms with Crippen LogP contribution in [0.1, 0.15) is 71.6 Å². The van der Waals surface area contributed by atoms with E-state index in [1.165, 1.54) is 6.42 Å². The average molecular weight is 423 g/mol. The van der Waals surface area contributed by atoms with Crippen LogP contribution in [0.2, 0.25) is 0 Å². The number of nitrogens with two attached hydrogens (primary N) is 1. The molecular weight excluding hydrogens is 380 g/mol. The molecule has 30 heavy (non-hydrogen) atoms. The first-order valence-corrected chi connectivity index (χ1v) is 12.0. The van der Waals surface area contributed by atoms with Crippen molar-refractivity contribution in [3.63, 3.8) is 0 Å². The topological polar surface area (TPSA) is 124 Å². The summed E-state index contributed by atoms with van der Waals surface area (Å²) < 4.78 is 0. The van der Waals surface area contributed by atoms with Crippen LogP contribution in [0.25, 0.3) is 0 Å². The van der Waals surface area contributed by atoms with Gasteiger partial charge in [-0.15, -0.1) is 0 Å². The van der Waals surface area contributed by atoms with Crippen molar-refractivity contribution >= 4 is 5.96 Å². The smallest absolute Gasteiger partial charge is 0.185 e. The number of nitrogens with one attached hydrogen (secondary N) is 3. The first kappa shape index (κ1) is 22.3. The lowest BCUT2D eigenvalue weighted by molar-refractivity contribution is -0.211. The van der Waals surface area contributed by atoms with Gasteiger partial charge in [-0.3, -0.25) is 10.2 Å². The van der Waals surface area contributed by atoms with Crippen LogP contribution in [-0.4, -0.2) is 47.6 Å². The summed E-state index contributed by atoms with van der Waals surface area (Å²) >= 11 is 0. The third-order valence-corrected chi connectivity index (χ3v) is 9.97. The van der Waals surface area contributed by atoms with Crippen LogP contribution in [-0.2, 0) is 4.84 Å². The molecule has 4 rings (SSSR count). The number of hydroxylamine groups is 1. The zero-order valence-electron chi connectivity index (χ0n) is 18.8. The van der Waals surface area contributed by atoms with Crippen LogP contribution in [0.3, 0.4) is 0 Å². The maximum absolute atomic E-state index is 12.1. The van der Waals surface area contributed by atoms with Crippen LogP contribution in [0.15, 0.2) is 0 Å². The lowest BCUT2D eigenvalue weighted by Crippen LogP contribution is -2.62. The Labute approximate surface area is 181 Å². The molecule has 0 aliphatic heterocycles. The van der Waals surface area contributed by atoms with E-state index in [9.17, 15) is 10.2 Å². The van der Waals surface area contributed by atoms with Gasteiger partial charge in [0, 0.05) is 18.5 Å². The van der Waals surface area contributed by atoms with Gasteiger partial charge in [0.25, 0.3) is 0 Å². The van der Waals surface area contributed by atoms with Crippen molar-refractivity contribution in [3.05, 3.63) is 0 Å². The van der Waals surface area contributed by atoms with Gasteiger partial charge in [-0.05, 0) is 86.9 Å². The molecule has 0 bridgehead atoms. The van der Waals surface area contributed by atoms with Crippen molar-refractivity contribution in [2.24, 2.45) is 40.2 Å². The van der Waals surface area contributed by atoms with Gasteiger partial charge in [-0.25, -0.2) is 5.48 Å². The molecule has 0 amide bonds. The molecule has 0 heterocycles. The normalized spacial score (nSPS) is 47.8. The third kappa shape index (κ3) is 3.55. The van der Waals surface area contributed by atoms with Crippen molar-refractivity contribution in [1.82, 2.24) is 10.8 Å². The molecule has 0 radical (unpaired) electrons. The number of hydrogen-bond acceptors (Lipinski definition) is 5. The molecule has 3 unspecified atom stereocenters. The summed E-state index contributed by atoms with van der Waals surface area (Å²) in [5, 5.41) is 32.2. The summed E-state index contributed by atoms with van der Waals surface area (Å²) in [5.74, 6) is 1.95. The Hall–Kier alpha value is -0.890. The van der Waals surface area contributed by atoms with Crippen LogP contribution in [0.4, 0.5) is 0 Å². The molecule has 7 N–H and O–H groups in total. The van der Waals surface area contributed by atoms with E-state index in [1.807, 2.05) is 0 Å². The zero-order chi connectivity index (χ0) is 21.6. The molecule has 0 aromatic rings. The van der Waals surface area contributed by atoms with E-state index < -0.39 is 5.60 Å². The molecule has 172 valence electrons. The Balaban J connectivity index is 1.40. The van der Waals surface area contributed by atoms with Crippen molar-refractivity contribution < 1.29 is 15.1 Å². The summed E-state index contributed by atoms with van der Waals surface area (Å²) in [4.78, 5) is 5.54. The van der Waals surface area contributed by atoms with Gasteiger partial charge in [-0.1, -0.05) is 13.8 Å². The largest absolute Gasteiger partial charge is 0.393 e. The van der Waals surface area contributed by atoms with Crippen LogP contribution < -0.4 is 16.5 Å². The second-order valence-corrected chi connectivity index (χ2v) is 11.1. The minimum atomic E-state index is -0.581. The Morgan fingerprint density at radius 3 is 2.67 bits per heavy atom. The fourth-order valence-corrected chi connectivity index (χ4v) is 8.11. The lowest BCUT2D eigenvalue weighted by Gasteiger charge is -2.63. The van der Waals surface area contributed by atoms with Gasteiger partial charge in [0.1, 0.15) is 0 Å².